The molecule has 3 nitrogen and oxygen atoms in total. The van der Waals surface area contributed by atoms with E-state index < -0.39 is 12.7 Å². The minimum atomic E-state index is -4.15. The van der Waals surface area contributed by atoms with Gasteiger partial charge in [0, 0.05) is 29.8 Å². The number of nitrogens with zero attached hydrogens (tertiary/aromatic N) is 2. The van der Waals surface area contributed by atoms with E-state index in [2.05, 4.69) is 26.2 Å². The zero-order valence-electron chi connectivity index (χ0n) is 9.54. The molecule has 0 saturated carbocycles. The second-order valence-corrected chi connectivity index (χ2v) is 5.18. The molecule has 1 aromatic heterocycles. The topological polar surface area (TPSA) is 28.2 Å². The summed E-state index contributed by atoms with van der Waals surface area (Å²) in [7, 11) is 0. The largest absolute Gasteiger partial charge is 0.401 e. The molecule has 1 aromatic rings. The minimum Gasteiger partial charge on any atom is -0.355 e. The van der Waals surface area contributed by atoms with Crippen LogP contribution in [-0.4, -0.2) is 36.8 Å². The lowest BCUT2D eigenvalue weighted by molar-refractivity contribution is -0.125. The molecule has 0 aromatic carbocycles. The van der Waals surface area contributed by atoms with Crippen molar-refractivity contribution < 1.29 is 13.2 Å². The second-order valence-electron chi connectivity index (χ2n) is 4.26. The predicted octanol–water partition coefficient (Wildman–Crippen LogP) is 2.57. The van der Waals surface area contributed by atoms with Crippen molar-refractivity contribution >= 4 is 21.7 Å². The van der Waals surface area contributed by atoms with Crippen molar-refractivity contribution in [2.75, 3.05) is 24.5 Å². The first-order chi connectivity index (χ1) is 8.44. The molecule has 1 saturated heterocycles. The van der Waals surface area contributed by atoms with Gasteiger partial charge in [0.1, 0.15) is 5.82 Å². The minimum absolute atomic E-state index is 0.128. The smallest absolute Gasteiger partial charge is 0.355 e. The van der Waals surface area contributed by atoms with Crippen LogP contribution < -0.4 is 10.2 Å². The van der Waals surface area contributed by atoms with Gasteiger partial charge in [-0.05, 0) is 34.5 Å². The van der Waals surface area contributed by atoms with E-state index in [0.29, 0.717) is 13.0 Å². The molecule has 1 unspecified atom stereocenters. The highest BCUT2D eigenvalue weighted by atomic mass is 79.9. The van der Waals surface area contributed by atoms with E-state index in [0.717, 1.165) is 16.8 Å². The normalized spacial score (nSPS) is 20.4. The highest BCUT2D eigenvalue weighted by molar-refractivity contribution is 9.10. The number of hydrogen-bond acceptors (Lipinski definition) is 3. The van der Waals surface area contributed by atoms with Gasteiger partial charge in [-0.3, -0.25) is 0 Å². The number of pyridine rings is 1. The Bertz CT molecular complexity index is 394. The van der Waals surface area contributed by atoms with Crippen LogP contribution in [0.3, 0.4) is 0 Å². The van der Waals surface area contributed by atoms with E-state index in [1.54, 1.807) is 6.20 Å². The van der Waals surface area contributed by atoms with Crippen LogP contribution in [0, 0.1) is 0 Å². The zero-order chi connectivity index (χ0) is 13.2. The molecule has 0 bridgehead atoms. The van der Waals surface area contributed by atoms with E-state index in [9.17, 15) is 13.2 Å². The molecule has 1 fully saturated rings. The fraction of sp³-hybridized carbons (Fsp3) is 0.545. The maximum atomic E-state index is 12.1. The third-order valence-electron chi connectivity index (χ3n) is 2.82. The quantitative estimate of drug-likeness (QED) is 0.926. The summed E-state index contributed by atoms with van der Waals surface area (Å²) in [5, 5.41) is 2.53. The number of nitrogens with one attached hydrogen (secondary N) is 1. The van der Waals surface area contributed by atoms with Crippen molar-refractivity contribution in [1.82, 2.24) is 10.3 Å². The lowest BCUT2D eigenvalue weighted by Crippen LogP contribution is -2.38. The van der Waals surface area contributed by atoms with Crippen molar-refractivity contribution in [3.8, 4) is 0 Å². The fourth-order valence-electron chi connectivity index (χ4n) is 1.95. The number of aromatic nitrogens is 1. The molecule has 7 heteroatoms. The SMILES string of the molecule is FC(F)(F)CNC1CCN(c2ccc(Br)cn2)C1. The van der Waals surface area contributed by atoms with E-state index in [-0.39, 0.29) is 6.04 Å². The highest BCUT2D eigenvalue weighted by Gasteiger charge is 2.30. The van der Waals surface area contributed by atoms with Crippen LogP contribution >= 0.6 is 15.9 Å². The first-order valence-corrected chi connectivity index (χ1v) is 6.40. The Morgan fingerprint density at radius 1 is 1.44 bits per heavy atom. The third kappa shape index (κ3) is 3.84. The number of anilines is 1. The molecule has 1 aliphatic heterocycles. The maximum absolute atomic E-state index is 12.1. The van der Waals surface area contributed by atoms with E-state index in [1.165, 1.54) is 0 Å². The summed E-state index contributed by atoms with van der Waals surface area (Å²) in [6, 6.07) is 3.60. The summed E-state index contributed by atoms with van der Waals surface area (Å²) in [5.41, 5.74) is 0. The summed E-state index contributed by atoms with van der Waals surface area (Å²) in [5.74, 6) is 0.800. The summed E-state index contributed by atoms with van der Waals surface area (Å²) in [4.78, 5) is 6.22. The molecule has 1 aliphatic rings. The fourth-order valence-corrected chi connectivity index (χ4v) is 2.18. The standard InChI is InChI=1S/C11H13BrF3N3/c12-8-1-2-10(16-5-8)18-4-3-9(6-18)17-7-11(13,14)15/h1-2,5,9,17H,3-4,6-7H2. The zero-order valence-corrected chi connectivity index (χ0v) is 11.1. The van der Waals surface area contributed by atoms with Crippen molar-refractivity contribution in [2.45, 2.75) is 18.6 Å². The Kier molecular flexibility index (Phi) is 4.11. The number of alkyl halides is 3. The summed E-state index contributed by atoms with van der Waals surface area (Å²) < 4.78 is 37.1. The van der Waals surface area contributed by atoms with Crippen LogP contribution in [0.15, 0.2) is 22.8 Å². The lowest BCUT2D eigenvalue weighted by Gasteiger charge is -2.18. The predicted molar refractivity (Wildman–Crippen MR) is 66.6 cm³/mol. The number of rotatable bonds is 3. The van der Waals surface area contributed by atoms with E-state index in [4.69, 9.17) is 0 Å². The molecule has 2 rings (SSSR count). The third-order valence-corrected chi connectivity index (χ3v) is 3.28. The van der Waals surface area contributed by atoms with Crippen molar-refractivity contribution in [3.63, 3.8) is 0 Å². The molecule has 0 spiro atoms. The van der Waals surface area contributed by atoms with Gasteiger partial charge in [-0.1, -0.05) is 0 Å². The van der Waals surface area contributed by atoms with Gasteiger partial charge in [0.2, 0.25) is 0 Å². The number of halogens is 4. The van der Waals surface area contributed by atoms with Gasteiger partial charge >= 0.3 is 6.18 Å². The average molecular weight is 324 g/mol. The van der Waals surface area contributed by atoms with Crippen LogP contribution in [-0.2, 0) is 0 Å². The van der Waals surface area contributed by atoms with Gasteiger partial charge in [0.05, 0.1) is 6.54 Å². The average Bonchev–Trinajstić information content (AvgIpc) is 2.75. The molecule has 0 amide bonds. The van der Waals surface area contributed by atoms with E-state index in [1.807, 2.05) is 17.0 Å². The molecule has 1 N–H and O–H groups in total. The summed E-state index contributed by atoms with van der Waals surface area (Å²) in [6.45, 7) is 0.355. The van der Waals surface area contributed by atoms with Gasteiger partial charge < -0.3 is 10.2 Å². The Balaban J connectivity index is 1.86. The molecular weight excluding hydrogens is 311 g/mol. The van der Waals surface area contributed by atoms with Gasteiger partial charge in [-0.15, -0.1) is 0 Å². The van der Waals surface area contributed by atoms with Gasteiger partial charge in [-0.2, -0.15) is 13.2 Å². The van der Waals surface area contributed by atoms with E-state index >= 15 is 0 Å². The van der Waals surface area contributed by atoms with Crippen LogP contribution in [0.25, 0.3) is 0 Å². The van der Waals surface area contributed by atoms with Crippen molar-refractivity contribution in [2.24, 2.45) is 0 Å². The molecule has 100 valence electrons. The molecular formula is C11H13BrF3N3. The van der Waals surface area contributed by atoms with Crippen LogP contribution in [0.5, 0.6) is 0 Å². The monoisotopic (exact) mass is 323 g/mol. The summed E-state index contributed by atoms with van der Waals surface area (Å²) in [6.07, 6.45) is -1.76. The first-order valence-electron chi connectivity index (χ1n) is 5.61. The number of hydrogen-bond donors (Lipinski definition) is 1. The molecule has 1 atom stereocenters. The lowest BCUT2D eigenvalue weighted by atomic mass is 10.2. The Labute approximate surface area is 112 Å². The molecule has 2 heterocycles. The van der Waals surface area contributed by atoms with Gasteiger partial charge in [0.15, 0.2) is 0 Å². The second kappa shape index (κ2) is 5.44. The summed E-state index contributed by atoms with van der Waals surface area (Å²) >= 11 is 3.29. The Hall–Kier alpha value is -0.820. The Morgan fingerprint density at radius 3 is 2.83 bits per heavy atom. The van der Waals surface area contributed by atoms with Crippen molar-refractivity contribution in [3.05, 3.63) is 22.8 Å². The maximum Gasteiger partial charge on any atom is 0.401 e. The Morgan fingerprint density at radius 2 is 2.22 bits per heavy atom. The van der Waals surface area contributed by atoms with Crippen LogP contribution in [0.1, 0.15) is 6.42 Å². The highest BCUT2D eigenvalue weighted by Crippen LogP contribution is 2.20. The first kappa shape index (κ1) is 13.6. The molecule has 18 heavy (non-hydrogen) atoms. The van der Waals surface area contributed by atoms with Crippen LogP contribution in [0.2, 0.25) is 0 Å². The molecule has 0 radical (unpaired) electrons. The molecule has 0 aliphatic carbocycles. The van der Waals surface area contributed by atoms with Gasteiger partial charge in [-0.25, -0.2) is 4.98 Å². The van der Waals surface area contributed by atoms with Crippen molar-refractivity contribution in [1.29, 1.82) is 0 Å². The van der Waals surface area contributed by atoms with Gasteiger partial charge in [0.25, 0.3) is 0 Å². The van der Waals surface area contributed by atoms with Crippen LogP contribution in [0.4, 0.5) is 19.0 Å².